The third-order valence-electron chi connectivity index (χ3n) is 4.48. The van der Waals surface area contributed by atoms with E-state index in [0.717, 1.165) is 41.9 Å². The van der Waals surface area contributed by atoms with Gasteiger partial charge in [0.15, 0.2) is 5.76 Å². The van der Waals surface area contributed by atoms with Gasteiger partial charge in [-0.2, -0.15) is 5.10 Å². The standard InChI is InChI=1S/C20H25N5O4/c1-12-17-15(22-21-13-8-10-14(11-9-13)25(27)28)6-5-7-16(17)29-18(12)19(26)23-24-20(2,3)4/h8-11,21,24H,5-7H2,1-4H3,(H,23,26)/b22-15+. The largest absolute Gasteiger partial charge is 0.455 e. The number of furan rings is 1. The molecule has 29 heavy (non-hydrogen) atoms. The van der Waals surface area contributed by atoms with Crippen molar-refractivity contribution in [1.29, 1.82) is 0 Å². The molecule has 0 atom stereocenters. The van der Waals surface area contributed by atoms with Crippen LogP contribution in [0.2, 0.25) is 0 Å². The van der Waals surface area contributed by atoms with Crippen LogP contribution in [0.5, 0.6) is 0 Å². The number of nitro benzene ring substituents is 1. The molecule has 9 heteroatoms. The SMILES string of the molecule is Cc1c(C(=O)NNC(C)(C)C)oc2c1/C(=N/Nc1ccc([N+](=O)[O-])cc1)CCC2. The molecule has 1 heterocycles. The second kappa shape index (κ2) is 8.04. The second-order valence-corrected chi connectivity index (χ2v) is 8.01. The van der Waals surface area contributed by atoms with Crippen LogP contribution in [0.3, 0.4) is 0 Å². The number of hydrazine groups is 1. The van der Waals surface area contributed by atoms with Gasteiger partial charge in [-0.15, -0.1) is 0 Å². The normalized spacial score (nSPS) is 15.1. The second-order valence-electron chi connectivity index (χ2n) is 8.01. The number of aryl methyl sites for hydroxylation is 1. The summed E-state index contributed by atoms with van der Waals surface area (Å²) in [4.78, 5) is 22.8. The lowest BCUT2D eigenvalue weighted by Crippen LogP contribution is -2.48. The Kier molecular flexibility index (Phi) is 5.69. The molecule has 0 spiro atoms. The van der Waals surface area contributed by atoms with E-state index in [4.69, 9.17) is 4.42 Å². The number of benzene rings is 1. The molecule has 1 amide bonds. The summed E-state index contributed by atoms with van der Waals surface area (Å²) in [5.41, 5.74) is 11.4. The molecule has 0 saturated heterocycles. The molecule has 3 N–H and O–H groups in total. The number of hydrazone groups is 1. The first-order valence-corrected chi connectivity index (χ1v) is 9.43. The van der Waals surface area contributed by atoms with Gasteiger partial charge in [-0.3, -0.25) is 25.8 Å². The van der Waals surface area contributed by atoms with Gasteiger partial charge in [0.1, 0.15) is 5.76 Å². The molecule has 0 saturated carbocycles. The van der Waals surface area contributed by atoms with Crippen molar-refractivity contribution < 1.29 is 14.1 Å². The number of fused-ring (bicyclic) bond motifs is 1. The molecule has 0 aliphatic heterocycles. The Morgan fingerprint density at radius 3 is 2.52 bits per heavy atom. The summed E-state index contributed by atoms with van der Waals surface area (Å²) < 4.78 is 5.85. The molecule has 0 bridgehead atoms. The average Bonchev–Trinajstić information content (AvgIpc) is 3.01. The number of non-ortho nitro benzene ring substituents is 1. The van der Waals surface area contributed by atoms with E-state index in [0.29, 0.717) is 5.69 Å². The summed E-state index contributed by atoms with van der Waals surface area (Å²) in [6, 6.07) is 6.04. The number of nitrogens with zero attached hydrogens (tertiary/aromatic N) is 2. The van der Waals surface area contributed by atoms with Gasteiger partial charge in [0.25, 0.3) is 5.69 Å². The van der Waals surface area contributed by atoms with Crippen molar-refractivity contribution in [1.82, 2.24) is 10.9 Å². The minimum atomic E-state index is -0.445. The van der Waals surface area contributed by atoms with Crippen LogP contribution in [-0.2, 0) is 6.42 Å². The van der Waals surface area contributed by atoms with Crippen LogP contribution in [0.15, 0.2) is 33.8 Å². The van der Waals surface area contributed by atoms with Crippen LogP contribution in [-0.4, -0.2) is 22.1 Å². The van der Waals surface area contributed by atoms with Crippen molar-refractivity contribution in [2.45, 2.75) is 52.5 Å². The molecule has 0 fully saturated rings. The van der Waals surface area contributed by atoms with E-state index in [-0.39, 0.29) is 22.9 Å². The van der Waals surface area contributed by atoms with E-state index >= 15 is 0 Å². The lowest BCUT2D eigenvalue weighted by Gasteiger charge is -2.20. The first kappa shape index (κ1) is 20.5. The van der Waals surface area contributed by atoms with E-state index < -0.39 is 4.92 Å². The van der Waals surface area contributed by atoms with Gasteiger partial charge in [0.2, 0.25) is 0 Å². The van der Waals surface area contributed by atoms with Crippen molar-refractivity contribution in [2.24, 2.45) is 5.10 Å². The molecule has 2 aromatic rings. The minimum Gasteiger partial charge on any atom is -0.455 e. The van der Waals surface area contributed by atoms with Gasteiger partial charge in [-0.05, 0) is 52.7 Å². The van der Waals surface area contributed by atoms with E-state index in [1.165, 1.54) is 12.1 Å². The number of nitrogens with one attached hydrogen (secondary N) is 3. The highest BCUT2D eigenvalue weighted by Crippen LogP contribution is 2.30. The third-order valence-corrected chi connectivity index (χ3v) is 4.48. The first-order valence-electron chi connectivity index (χ1n) is 9.43. The topological polar surface area (TPSA) is 122 Å². The number of carbonyl (C=O) groups is 1. The molecule has 1 aliphatic carbocycles. The van der Waals surface area contributed by atoms with Crippen LogP contribution in [0.25, 0.3) is 0 Å². The van der Waals surface area contributed by atoms with Gasteiger partial charge < -0.3 is 4.42 Å². The van der Waals surface area contributed by atoms with Crippen LogP contribution in [0, 0.1) is 17.0 Å². The zero-order valence-electron chi connectivity index (χ0n) is 17.0. The van der Waals surface area contributed by atoms with Gasteiger partial charge in [0, 0.05) is 35.2 Å². The van der Waals surface area contributed by atoms with Crippen LogP contribution in [0.1, 0.15) is 61.1 Å². The number of hydrogen-bond donors (Lipinski definition) is 3. The van der Waals surface area contributed by atoms with E-state index in [1.54, 1.807) is 12.1 Å². The Hall–Kier alpha value is -3.20. The number of anilines is 1. The molecular formula is C20H25N5O4. The van der Waals surface area contributed by atoms with Gasteiger partial charge in [0.05, 0.1) is 16.3 Å². The predicted molar refractivity (Wildman–Crippen MR) is 110 cm³/mol. The van der Waals surface area contributed by atoms with E-state index in [2.05, 4.69) is 21.4 Å². The number of rotatable bonds is 5. The summed E-state index contributed by atoms with van der Waals surface area (Å²) in [6.07, 6.45) is 2.35. The van der Waals surface area contributed by atoms with Gasteiger partial charge in [-0.25, -0.2) is 5.43 Å². The van der Waals surface area contributed by atoms with Crippen LogP contribution in [0.4, 0.5) is 11.4 Å². The third kappa shape index (κ3) is 4.80. The molecule has 1 aromatic heterocycles. The number of nitro groups is 1. The Morgan fingerprint density at radius 2 is 1.90 bits per heavy atom. The minimum absolute atomic E-state index is 0.0216. The molecule has 154 valence electrons. The first-order chi connectivity index (χ1) is 13.7. The van der Waals surface area contributed by atoms with Gasteiger partial charge >= 0.3 is 5.91 Å². The number of hydrogen-bond acceptors (Lipinski definition) is 7. The number of carbonyl (C=O) groups excluding carboxylic acids is 1. The lowest BCUT2D eigenvalue weighted by molar-refractivity contribution is -0.384. The quantitative estimate of drug-likeness (QED) is 0.521. The van der Waals surface area contributed by atoms with Crippen molar-refractivity contribution in [3.63, 3.8) is 0 Å². The lowest BCUT2D eigenvalue weighted by atomic mass is 9.93. The predicted octanol–water partition coefficient (Wildman–Crippen LogP) is 3.68. The van der Waals surface area contributed by atoms with E-state index in [9.17, 15) is 14.9 Å². The van der Waals surface area contributed by atoms with Crippen molar-refractivity contribution in [3.05, 3.63) is 57.0 Å². The fraction of sp³-hybridized carbons (Fsp3) is 0.400. The van der Waals surface area contributed by atoms with Gasteiger partial charge in [-0.1, -0.05) is 0 Å². The monoisotopic (exact) mass is 399 g/mol. The average molecular weight is 399 g/mol. The summed E-state index contributed by atoms with van der Waals surface area (Å²) in [6.45, 7) is 7.69. The summed E-state index contributed by atoms with van der Waals surface area (Å²) in [5.74, 6) is 0.699. The highest BCUT2D eigenvalue weighted by Gasteiger charge is 2.28. The maximum absolute atomic E-state index is 12.5. The van der Waals surface area contributed by atoms with Crippen molar-refractivity contribution >= 4 is 23.0 Å². The maximum atomic E-state index is 12.5. The van der Waals surface area contributed by atoms with E-state index in [1.807, 2.05) is 27.7 Å². The molecule has 1 aliphatic rings. The number of amides is 1. The van der Waals surface area contributed by atoms with Crippen LogP contribution >= 0.6 is 0 Å². The molecule has 3 rings (SSSR count). The Morgan fingerprint density at radius 1 is 1.21 bits per heavy atom. The summed E-state index contributed by atoms with van der Waals surface area (Å²) in [5, 5.41) is 15.2. The molecule has 0 radical (unpaired) electrons. The smallest absolute Gasteiger partial charge is 0.301 e. The Balaban J connectivity index is 1.80. The Labute approximate surface area is 168 Å². The molecule has 0 unspecified atom stereocenters. The molecule has 9 nitrogen and oxygen atoms in total. The summed E-state index contributed by atoms with van der Waals surface area (Å²) >= 11 is 0. The zero-order valence-corrected chi connectivity index (χ0v) is 17.0. The maximum Gasteiger partial charge on any atom is 0.301 e. The Bertz CT molecular complexity index is 954. The zero-order chi connectivity index (χ0) is 21.2. The van der Waals surface area contributed by atoms with Crippen LogP contribution < -0.4 is 16.3 Å². The molecular weight excluding hydrogens is 374 g/mol. The highest BCUT2D eigenvalue weighted by molar-refractivity contribution is 6.06. The highest BCUT2D eigenvalue weighted by atomic mass is 16.6. The van der Waals surface area contributed by atoms with Crippen molar-refractivity contribution in [3.8, 4) is 0 Å². The fourth-order valence-electron chi connectivity index (χ4n) is 3.09. The fourth-order valence-corrected chi connectivity index (χ4v) is 3.09. The summed E-state index contributed by atoms with van der Waals surface area (Å²) in [7, 11) is 0. The molecule has 1 aromatic carbocycles. The van der Waals surface area contributed by atoms with Crippen molar-refractivity contribution in [2.75, 3.05) is 5.43 Å².